The van der Waals surface area contributed by atoms with Gasteiger partial charge in [0, 0.05) is 26.1 Å². The first-order valence-corrected chi connectivity index (χ1v) is 5.48. The monoisotopic (exact) mass is 245 g/mol. The highest BCUT2D eigenvalue weighted by atomic mass is 16.6. The van der Waals surface area contributed by atoms with Gasteiger partial charge in [-0.3, -0.25) is 0 Å². The van der Waals surface area contributed by atoms with E-state index in [1.54, 1.807) is 20.8 Å². The largest absolute Gasteiger partial charge is 0.479 e. The van der Waals surface area contributed by atoms with Crippen LogP contribution in [0.1, 0.15) is 20.8 Å². The minimum Gasteiger partial charge on any atom is -0.479 e. The van der Waals surface area contributed by atoms with Crippen molar-refractivity contribution in [3.8, 4) is 0 Å². The van der Waals surface area contributed by atoms with Gasteiger partial charge in [0.1, 0.15) is 5.60 Å². The zero-order valence-electron chi connectivity index (χ0n) is 10.6. The smallest absolute Gasteiger partial charge is 0.410 e. The SMILES string of the molecule is COC(C(=O)O)C1CN(C(=O)OC(C)(C)C)C1. The second-order valence-electron chi connectivity index (χ2n) is 5.14. The van der Waals surface area contributed by atoms with E-state index in [9.17, 15) is 9.59 Å². The van der Waals surface area contributed by atoms with Crippen molar-refractivity contribution in [1.82, 2.24) is 4.90 Å². The third-order valence-corrected chi connectivity index (χ3v) is 2.49. The molecule has 1 rings (SSSR count). The number of amides is 1. The van der Waals surface area contributed by atoms with Crippen LogP contribution in [-0.4, -0.2) is 54.0 Å². The average Bonchev–Trinajstić information content (AvgIpc) is 2.05. The summed E-state index contributed by atoms with van der Waals surface area (Å²) >= 11 is 0. The second-order valence-corrected chi connectivity index (χ2v) is 5.14. The summed E-state index contributed by atoms with van der Waals surface area (Å²) < 4.78 is 10.0. The molecular formula is C11H19NO5. The van der Waals surface area contributed by atoms with Gasteiger partial charge in [0.05, 0.1) is 0 Å². The van der Waals surface area contributed by atoms with Crippen molar-refractivity contribution < 1.29 is 24.2 Å². The molecule has 1 aliphatic rings. The zero-order chi connectivity index (χ0) is 13.2. The summed E-state index contributed by atoms with van der Waals surface area (Å²) in [7, 11) is 1.36. The number of aliphatic carboxylic acids is 1. The lowest BCUT2D eigenvalue weighted by Crippen LogP contribution is -2.57. The Balaban J connectivity index is 2.41. The van der Waals surface area contributed by atoms with Crippen LogP contribution in [-0.2, 0) is 14.3 Å². The molecule has 0 aromatic rings. The van der Waals surface area contributed by atoms with Gasteiger partial charge in [-0.05, 0) is 20.8 Å². The molecule has 0 aromatic carbocycles. The topological polar surface area (TPSA) is 76.1 Å². The number of ether oxygens (including phenoxy) is 2. The molecule has 0 aromatic heterocycles. The van der Waals surface area contributed by atoms with Crippen molar-refractivity contribution in [3.63, 3.8) is 0 Å². The fourth-order valence-electron chi connectivity index (χ4n) is 1.67. The molecule has 0 bridgehead atoms. The predicted octanol–water partition coefficient (Wildman–Crippen LogP) is 0.953. The number of carboxylic acids is 1. The first-order valence-electron chi connectivity index (χ1n) is 5.48. The number of carboxylic acid groups (broad SMARTS) is 1. The maximum absolute atomic E-state index is 11.6. The summed E-state index contributed by atoms with van der Waals surface area (Å²) in [5, 5.41) is 8.86. The molecular weight excluding hydrogens is 226 g/mol. The van der Waals surface area contributed by atoms with Crippen LogP contribution < -0.4 is 0 Å². The van der Waals surface area contributed by atoms with Crippen molar-refractivity contribution in [2.45, 2.75) is 32.5 Å². The van der Waals surface area contributed by atoms with Crippen molar-refractivity contribution in [2.24, 2.45) is 5.92 Å². The van der Waals surface area contributed by atoms with E-state index in [0.717, 1.165) is 0 Å². The van der Waals surface area contributed by atoms with Crippen molar-refractivity contribution in [3.05, 3.63) is 0 Å². The van der Waals surface area contributed by atoms with Gasteiger partial charge in [0.15, 0.2) is 6.10 Å². The van der Waals surface area contributed by atoms with Gasteiger partial charge in [-0.2, -0.15) is 0 Å². The van der Waals surface area contributed by atoms with Gasteiger partial charge < -0.3 is 19.5 Å². The van der Waals surface area contributed by atoms with Crippen molar-refractivity contribution in [2.75, 3.05) is 20.2 Å². The van der Waals surface area contributed by atoms with Gasteiger partial charge in [0.25, 0.3) is 0 Å². The van der Waals surface area contributed by atoms with E-state index in [4.69, 9.17) is 14.6 Å². The normalized spacial score (nSPS) is 18.5. The standard InChI is InChI=1S/C11H19NO5/c1-11(2,3)17-10(15)12-5-7(6-12)8(16-4)9(13)14/h7-8H,5-6H2,1-4H3,(H,13,14). The number of hydrogen-bond acceptors (Lipinski definition) is 4. The van der Waals surface area contributed by atoms with Gasteiger partial charge in [-0.1, -0.05) is 0 Å². The quantitative estimate of drug-likeness (QED) is 0.801. The fourth-order valence-corrected chi connectivity index (χ4v) is 1.67. The Morgan fingerprint density at radius 2 is 1.88 bits per heavy atom. The Morgan fingerprint density at radius 3 is 2.24 bits per heavy atom. The number of likely N-dealkylation sites (tertiary alicyclic amines) is 1. The van der Waals surface area contributed by atoms with E-state index in [-0.39, 0.29) is 5.92 Å². The first-order chi connectivity index (χ1) is 7.74. The van der Waals surface area contributed by atoms with Crippen LogP contribution in [0.4, 0.5) is 4.79 Å². The number of carbonyl (C=O) groups excluding carboxylic acids is 1. The summed E-state index contributed by atoms with van der Waals surface area (Å²) in [5.74, 6) is -1.16. The summed E-state index contributed by atoms with van der Waals surface area (Å²) in [6.07, 6.45) is -1.26. The molecule has 6 nitrogen and oxygen atoms in total. The van der Waals surface area contributed by atoms with E-state index in [1.165, 1.54) is 12.0 Å². The first kappa shape index (κ1) is 13.8. The molecule has 1 atom stereocenters. The lowest BCUT2D eigenvalue weighted by molar-refractivity contribution is -0.156. The second kappa shape index (κ2) is 4.91. The molecule has 1 N–H and O–H groups in total. The summed E-state index contributed by atoms with van der Waals surface area (Å²) in [6, 6.07) is 0. The van der Waals surface area contributed by atoms with Crippen LogP contribution in [0.2, 0.25) is 0 Å². The molecule has 1 unspecified atom stereocenters. The Labute approximate surface area is 100 Å². The number of hydrogen-bond donors (Lipinski definition) is 1. The molecule has 1 aliphatic heterocycles. The minimum atomic E-state index is -0.999. The van der Waals surface area contributed by atoms with E-state index in [2.05, 4.69) is 0 Å². The fraction of sp³-hybridized carbons (Fsp3) is 0.818. The average molecular weight is 245 g/mol. The van der Waals surface area contributed by atoms with Crippen LogP contribution in [0.15, 0.2) is 0 Å². The molecule has 0 radical (unpaired) electrons. The Bertz CT molecular complexity index is 303. The number of rotatable bonds is 3. The maximum Gasteiger partial charge on any atom is 0.410 e. The minimum absolute atomic E-state index is 0.162. The van der Waals surface area contributed by atoms with Crippen molar-refractivity contribution >= 4 is 12.1 Å². The lowest BCUT2D eigenvalue weighted by Gasteiger charge is -2.41. The highest BCUT2D eigenvalue weighted by molar-refractivity contribution is 5.74. The maximum atomic E-state index is 11.6. The highest BCUT2D eigenvalue weighted by Gasteiger charge is 2.41. The van der Waals surface area contributed by atoms with E-state index >= 15 is 0 Å². The van der Waals surface area contributed by atoms with Gasteiger partial charge in [-0.15, -0.1) is 0 Å². The molecule has 0 aliphatic carbocycles. The molecule has 1 heterocycles. The van der Waals surface area contributed by atoms with E-state index < -0.39 is 23.8 Å². The van der Waals surface area contributed by atoms with Crippen LogP contribution in [0.3, 0.4) is 0 Å². The summed E-state index contributed by atoms with van der Waals surface area (Å²) in [4.78, 5) is 23.9. The Hall–Kier alpha value is -1.30. The molecule has 0 saturated carbocycles. The van der Waals surface area contributed by atoms with Crippen LogP contribution in [0, 0.1) is 5.92 Å². The van der Waals surface area contributed by atoms with Crippen molar-refractivity contribution in [1.29, 1.82) is 0 Å². The molecule has 98 valence electrons. The molecule has 6 heteroatoms. The number of carbonyl (C=O) groups is 2. The van der Waals surface area contributed by atoms with Gasteiger partial charge in [0.2, 0.25) is 0 Å². The van der Waals surface area contributed by atoms with Gasteiger partial charge in [-0.25, -0.2) is 9.59 Å². The molecule has 17 heavy (non-hydrogen) atoms. The Morgan fingerprint density at radius 1 is 1.35 bits per heavy atom. The molecule has 1 fully saturated rings. The third kappa shape index (κ3) is 3.59. The zero-order valence-corrected chi connectivity index (χ0v) is 10.6. The highest BCUT2D eigenvalue weighted by Crippen LogP contribution is 2.23. The molecule has 0 spiro atoms. The molecule has 1 saturated heterocycles. The van der Waals surface area contributed by atoms with Crippen LogP contribution in [0.5, 0.6) is 0 Å². The predicted molar refractivity (Wildman–Crippen MR) is 59.7 cm³/mol. The number of methoxy groups -OCH3 is 1. The summed E-state index contributed by atoms with van der Waals surface area (Å²) in [6.45, 7) is 6.09. The van der Waals surface area contributed by atoms with E-state index in [0.29, 0.717) is 13.1 Å². The van der Waals surface area contributed by atoms with Crippen LogP contribution >= 0.6 is 0 Å². The summed E-state index contributed by atoms with van der Waals surface area (Å²) in [5.41, 5.74) is -0.532. The molecule has 1 amide bonds. The lowest BCUT2D eigenvalue weighted by atomic mass is 9.94. The van der Waals surface area contributed by atoms with Gasteiger partial charge >= 0.3 is 12.1 Å². The number of nitrogens with zero attached hydrogens (tertiary/aromatic N) is 1. The Kier molecular flexibility index (Phi) is 3.98. The van der Waals surface area contributed by atoms with Crippen LogP contribution in [0.25, 0.3) is 0 Å². The van der Waals surface area contributed by atoms with E-state index in [1.807, 2.05) is 0 Å². The third-order valence-electron chi connectivity index (χ3n) is 2.49.